The van der Waals surface area contributed by atoms with Gasteiger partial charge in [0.05, 0.1) is 0 Å². The maximum atomic E-state index is 11.1. The van der Waals surface area contributed by atoms with E-state index in [4.69, 9.17) is 11.6 Å². The Morgan fingerprint density at radius 2 is 2.07 bits per heavy atom. The Labute approximate surface area is 87.1 Å². The summed E-state index contributed by atoms with van der Waals surface area (Å²) in [6, 6.07) is 7.46. The topological polar surface area (TPSA) is 22.0 Å². The van der Waals surface area contributed by atoms with Crippen molar-refractivity contribution in [3.63, 3.8) is 0 Å². The van der Waals surface area contributed by atoms with Crippen LogP contribution in [0, 0.1) is 0 Å². The Bertz CT molecular complexity index is 513. The summed E-state index contributed by atoms with van der Waals surface area (Å²) in [5, 5.41) is 1.69. The summed E-state index contributed by atoms with van der Waals surface area (Å²) in [5.41, 5.74) is 1.76. The van der Waals surface area contributed by atoms with Gasteiger partial charge in [-0.2, -0.15) is 0 Å². The number of carbonyl (C=O) groups excluding carboxylic acids is 1. The number of ketones is 1. The lowest BCUT2D eigenvalue weighted by Gasteiger charge is -1.98. The van der Waals surface area contributed by atoms with E-state index >= 15 is 0 Å². The van der Waals surface area contributed by atoms with Crippen LogP contribution in [0.2, 0.25) is 5.15 Å². The van der Waals surface area contributed by atoms with E-state index in [1.807, 2.05) is 35.9 Å². The van der Waals surface area contributed by atoms with Crippen LogP contribution >= 0.6 is 11.6 Å². The SMILES string of the molecule is CC(=O)c1ccc2c(c1)cc(Cl)n2C. The molecule has 72 valence electrons. The van der Waals surface area contributed by atoms with Gasteiger partial charge in [-0.15, -0.1) is 0 Å². The first-order valence-corrected chi connectivity index (χ1v) is 4.73. The molecule has 0 saturated heterocycles. The van der Waals surface area contributed by atoms with Crippen molar-refractivity contribution in [1.29, 1.82) is 0 Å². The Morgan fingerprint density at radius 3 is 2.71 bits per heavy atom. The van der Waals surface area contributed by atoms with Crippen molar-refractivity contribution in [2.45, 2.75) is 6.92 Å². The number of benzene rings is 1. The molecule has 0 saturated carbocycles. The number of aromatic nitrogens is 1. The predicted molar refractivity (Wildman–Crippen MR) is 57.9 cm³/mol. The molecule has 2 nitrogen and oxygen atoms in total. The van der Waals surface area contributed by atoms with E-state index in [2.05, 4.69) is 0 Å². The van der Waals surface area contributed by atoms with Crippen LogP contribution in [0.4, 0.5) is 0 Å². The highest BCUT2D eigenvalue weighted by molar-refractivity contribution is 6.31. The molecule has 0 radical (unpaired) electrons. The molecule has 0 spiro atoms. The number of fused-ring (bicyclic) bond motifs is 1. The van der Waals surface area contributed by atoms with E-state index < -0.39 is 0 Å². The van der Waals surface area contributed by atoms with E-state index in [0.29, 0.717) is 5.15 Å². The van der Waals surface area contributed by atoms with E-state index in [1.54, 1.807) is 6.92 Å². The first-order valence-electron chi connectivity index (χ1n) is 4.35. The Hall–Kier alpha value is -1.28. The molecule has 0 fully saturated rings. The van der Waals surface area contributed by atoms with Crippen molar-refractivity contribution in [3.8, 4) is 0 Å². The summed E-state index contributed by atoms with van der Waals surface area (Å²) in [7, 11) is 1.90. The molecule has 0 atom stereocenters. The molecular formula is C11H10ClNO. The molecule has 0 bridgehead atoms. The van der Waals surface area contributed by atoms with Gasteiger partial charge in [-0.3, -0.25) is 4.79 Å². The van der Waals surface area contributed by atoms with Crippen LogP contribution in [0.3, 0.4) is 0 Å². The van der Waals surface area contributed by atoms with Crippen molar-refractivity contribution in [1.82, 2.24) is 4.57 Å². The molecule has 2 rings (SSSR count). The molecule has 0 N–H and O–H groups in total. The van der Waals surface area contributed by atoms with Gasteiger partial charge >= 0.3 is 0 Å². The average Bonchev–Trinajstić information content (AvgIpc) is 2.42. The van der Waals surface area contributed by atoms with E-state index in [1.165, 1.54) is 0 Å². The summed E-state index contributed by atoms with van der Waals surface area (Å²) in [6.07, 6.45) is 0. The molecule has 0 aliphatic heterocycles. The summed E-state index contributed by atoms with van der Waals surface area (Å²) >= 11 is 5.96. The Morgan fingerprint density at radius 1 is 1.36 bits per heavy atom. The average molecular weight is 208 g/mol. The minimum atomic E-state index is 0.0758. The number of hydrogen-bond acceptors (Lipinski definition) is 1. The smallest absolute Gasteiger partial charge is 0.159 e. The number of nitrogens with zero attached hydrogens (tertiary/aromatic N) is 1. The van der Waals surface area contributed by atoms with Gasteiger partial charge in [-0.25, -0.2) is 0 Å². The van der Waals surface area contributed by atoms with E-state index in [9.17, 15) is 4.79 Å². The lowest BCUT2D eigenvalue weighted by atomic mass is 10.1. The van der Waals surface area contributed by atoms with Crippen molar-refractivity contribution >= 4 is 28.3 Å². The van der Waals surface area contributed by atoms with Gasteiger partial charge in [0.1, 0.15) is 5.15 Å². The summed E-state index contributed by atoms with van der Waals surface area (Å²) in [6.45, 7) is 1.56. The molecule has 1 aromatic carbocycles. The monoisotopic (exact) mass is 207 g/mol. The van der Waals surface area contributed by atoms with Crippen molar-refractivity contribution in [2.75, 3.05) is 0 Å². The van der Waals surface area contributed by atoms with Gasteiger partial charge in [-0.1, -0.05) is 11.6 Å². The quantitative estimate of drug-likeness (QED) is 0.659. The Kier molecular flexibility index (Phi) is 2.08. The number of rotatable bonds is 1. The van der Waals surface area contributed by atoms with Gasteiger partial charge in [-0.05, 0) is 31.2 Å². The summed E-state index contributed by atoms with van der Waals surface area (Å²) < 4.78 is 1.89. The number of Topliss-reactive ketones (excluding diaryl/α,β-unsaturated/α-hetero) is 1. The third-order valence-electron chi connectivity index (χ3n) is 2.39. The first kappa shape index (κ1) is 9.28. The van der Waals surface area contributed by atoms with Crippen molar-refractivity contribution in [2.24, 2.45) is 7.05 Å². The lowest BCUT2D eigenvalue weighted by molar-refractivity contribution is 0.101. The number of carbonyl (C=O) groups is 1. The highest BCUT2D eigenvalue weighted by Crippen LogP contribution is 2.23. The number of aryl methyl sites for hydroxylation is 1. The maximum absolute atomic E-state index is 11.1. The normalized spacial score (nSPS) is 10.8. The molecule has 0 aliphatic carbocycles. The Balaban J connectivity index is 2.73. The molecule has 3 heteroatoms. The van der Waals surface area contributed by atoms with Gasteiger partial charge in [0.25, 0.3) is 0 Å². The fourth-order valence-electron chi connectivity index (χ4n) is 1.53. The van der Waals surface area contributed by atoms with Crippen LogP contribution in [-0.2, 0) is 7.05 Å². The fourth-order valence-corrected chi connectivity index (χ4v) is 1.74. The van der Waals surface area contributed by atoms with Crippen LogP contribution in [0.1, 0.15) is 17.3 Å². The lowest BCUT2D eigenvalue weighted by Crippen LogP contribution is -1.91. The minimum Gasteiger partial charge on any atom is -0.335 e. The largest absolute Gasteiger partial charge is 0.335 e. The van der Waals surface area contributed by atoms with Crippen LogP contribution < -0.4 is 0 Å². The molecule has 0 aliphatic rings. The van der Waals surface area contributed by atoms with Crippen LogP contribution in [0.25, 0.3) is 10.9 Å². The standard InChI is InChI=1S/C11H10ClNO/c1-7(14)8-3-4-10-9(5-8)6-11(12)13(10)2/h3-6H,1-2H3. The fraction of sp³-hybridized carbons (Fsp3) is 0.182. The van der Waals surface area contributed by atoms with Crippen molar-refractivity contribution < 1.29 is 4.79 Å². The minimum absolute atomic E-state index is 0.0758. The zero-order chi connectivity index (χ0) is 10.3. The maximum Gasteiger partial charge on any atom is 0.159 e. The van der Waals surface area contributed by atoms with Gasteiger partial charge in [0.15, 0.2) is 5.78 Å². The molecule has 1 heterocycles. The third-order valence-corrected chi connectivity index (χ3v) is 2.75. The second kappa shape index (κ2) is 3.14. The number of halogens is 1. The second-order valence-electron chi connectivity index (χ2n) is 3.36. The van der Waals surface area contributed by atoms with Crippen LogP contribution in [0.15, 0.2) is 24.3 Å². The van der Waals surface area contributed by atoms with Crippen LogP contribution in [0.5, 0.6) is 0 Å². The zero-order valence-corrected chi connectivity index (χ0v) is 8.80. The molecule has 0 unspecified atom stereocenters. The van der Waals surface area contributed by atoms with E-state index in [-0.39, 0.29) is 5.78 Å². The summed E-state index contributed by atoms with van der Waals surface area (Å²) in [4.78, 5) is 11.1. The highest BCUT2D eigenvalue weighted by atomic mass is 35.5. The molecule has 14 heavy (non-hydrogen) atoms. The van der Waals surface area contributed by atoms with Crippen LogP contribution in [-0.4, -0.2) is 10.4 Å². The molecule has 2 aromatic rings. The molecular weight excluding hydrogens is 198 g/mol. The van der Waals surface area contributed by atoms with E-state index in [0.717, 1.165) is 16.5 Å². The number of hydrogen-bond donors (Lipinski definition) is 0. The predicted octanol–water partition coefficient (Wildman–Crippen LogP) is 3.03. The first-order chi connectivity index (χ1) is 6.59. The summed E-state index contributed by atoms with van der Waals surface area (Å²) in [5.74, 6) is 0.0758. The van der Waals surface area contributed by atoms with Gasteiger partial charge in [0, 0.05) is 23.5 Å². The highest BCUT2D eigenvalue weighted by Gasteiger charge is 2.05. The third kappa shape index (κ3) is 1.32. The van der Waals surface area contributed by atoms with Gasteiger partial charge < -0.3 is 4.57 Å². The van der Waals surface area contributed by atoms with Gasteiger partial charge in [0.2, 0.25) is 0 Å². The van der Waals surface area contributed by atoms with Crippen molar-refractivity contribution in [3.05, 3.63) is 35.0 Å². The molecule has 0 amide bonds. The zero-order valence-electron chi connectivity index (χ0n) is 8.04. The molecule has 1 aromatic heterocycles. The second-order valence-corrected chi connectivity index (χ2v) is 3.74.